The van der Waals surface area contributed by atoms with Crippen LogP contribution in [0.25, 0.3) is 11.0 Å². The summed E-state index contributed by atoms with van der Waals surface area (Å²) < 4.78 is 0. The number of hydrogen-bond acceptors (Lipinski definition) is 4. The van der Waals surface area contributed by atoms with Gasteiger partial charge in [-0.05, 0) is 19.1 Å². The van der Waals surface area contributed by atoms with Crippen LogP contribution in [-0.2, 0) is 4.79 Å². The largest absolute Gasteiger partial charge is 0.394 e. The molecule has 2 aromatic rings. The van der Waals surface area contributed by atoms with Crippen LogP contribution < -0.4 is 5.32 Å². The molecule has 0 aliphatic carbocycles. The van der Waals surface area contributed by atoms with E-state index in [1.807, 2.05) is 24.3 Å². The molecule has 0 saturated carbocycles. The van der Waals surface area contributed by atoms with Crippen molar-refractivity contribution < 1.29 is 9.90 Å². The van der Waals surface area contributed by atoms with Gasteiger partial charge in [0.15, 0.2) is 5.16 Å². The van der Waals surface area contributed by atoms with Crippen LogP contribution in [0.15, 0.2) is 29.4 Å². The molecule has 18 heavy (non-hydrogen) atoms. The second kappa shape index (κ2) is 5.88. The molecular formula is C12H15N3O2S. The number of aliphatic hydroxyl groups excluding tert-OH is 1. The van der Waals surface area contributed by atoms with Gasteiger partial charge in [-0.15, -0.1) is 0 Å². The summed E-state index contributed by atoms with van der Waals surface area (Å²) in [5, 5.41) is 12.2. The fourth-order valence-corrected chi connectivity index (χ4v) is 2.19. The molecule has 0 bridgehead atoms. The molecule has 0 aliphatic rings. The topological polar surface area (TPSA) is 78.0 Å². The fourth-order valence-electron chi connectivity index (χ4n) is 1.49. The maximum atomic E-state index is 11.5. The van der Waals surface area contributed by atoms with E-state index >= 15 is 0 Å². The molecule has 6 heteroatoms. The van der Waals surface area contributed by atoms with E-state index in [0.717, 1.165) is 16.2 Å². The quantitative estimate of drug-likeness (QED) is 0.709. The third-order valence-corrected chi connectivity index (χ3v) is 3.26. The van der Waals surface area contributed by atoms with Gasteiger partial charge in [0.1, 0.15) is 0 Å². The molecule has 96 valence electrons. The van der Waals surface area contributed by atoms with Crippen LogP contribution in [0, 0.1) is 0 Å². The monoisotopic (exact) mass is 265 g/mol. The summed E-state index contributed by atoms with van der Waals surface area (Å²) >= 11 is 1.35. The van der Waals surface area contributed by atoms with E-state index < -0.39 is 0 Å². The smallest absolute Gasteiger partial charge is 0.230 e. The molecule has 0 aliphatic heterocycles. The van der Waals surface area contributed by atoms with E-state index in [1.54, 1.807) is 6.92 Å². The molecule has 0 saturated heterocycles. The highest BCUT2D eigenvalue weighted by molar-refractivity contribution is 7.99. The Kier molecular flexibility index (Phi) is 4.22. The van der Waals surface area contributed by atoms with Crippen LogP contribution in [0.5, 0.6) is 0 Å². The Bertz CT molecular complexity index is 508. The lowest BCUT2D eigenvalue weighted by Crippen LogP contribution is -2.36. The molecule has 0 unspecified atom stereocenters. The molecule has 1 heterocycles. The minimum atomic E-state index is -0.214. The van der Waals surface area contributed by atoms with Gasteiger partial charge in [-0.2, -0.15) is 0 Å². The van der Waals surface area contributed by atoms with Gasteiger partial charge in [0.05, 0.1) is 23.4 Å². The van der Waals surface area contributed by atoms with Crippen molar-refractivity contribution >= 4 is 28.7 Å². The number of hydrogen-bond donors (Lipinski definition) is 3. The van der Waals surface area contributed by atoms with Crippen molar-refractivity contribution in [2.45, 2.75) is 18.1 Å². The minimum absolute atomic E-state index is 0.0545. The third-order valence-electron chi connectivity index (χ3n) is 2.39. The maximum Gasteiger partial charge on any atom is 0.230 e. The summed E-state index contributed by atoms with van der Waals surface area (Å²) in [4.78, 5) is 19.0. The molecule has 0 spiro atoms. The van der Waals surface area contributed by atoms with Gasteiger partial charge in [0, 0.05) is 6.04 Å². The van der Waals surface area contributed by atoms with Crippen molar-refractivity contribution in [1.82, 2.24) is 15.3 Å². The van der Waals surface area contributed by atoms with Crippen molar-refractivity contribution in [3.05, 3.63) is 24.3 Å². The summed E-state index contributed by atoms with van der Waals surface area (Å²) in [6.45, 7) is 1.70. The predicted octanol–water partition coefficient (Wildman–Crippen LogP) is 1.15. The summed E-state index contributed by atoms with van der Waals surface area (Å²) in [5.74, 6) is 0.173. The maximum absolute atomic E-state index is 11.5. The van der Waals surface area contributed by atoms with E-state index in [1.165, 1.54) is 11.8 Å². The van der Waals surface area contributed by atoms with E-state index in [9.17, 15) is 4.79 Å². The molecule has 1 aromatic heterocycles. The zero-order chi connectivity index (χ0) is 13.0. The number of benzene rings is 1. The summed E-state index contributed by atoms with van der Waals surface area (Å²) in [5.41, 5.74) is 1.85. The highest BCUT2D eigenvalue weighted by Crippen LogP contribution is 2.18. The van der Waals surface area contributed by atoms with Gasteiger partial charge < -0.3 is 15.4 Å². The van der Waals surface area contributed by atoms with Gasteiger partial charge in [0.2, 0.25) is 5.91 Å². The van der Waals surface area contributed by atoms with Crippen LogP contribution in [0.1, 0.15) is 6.92 Å². The van der Waals surface area contributed by atoms with Crippen molar-refractivity contribution in [3.8, 4) is 0 Å². The molecule has 1 atom stereocenters. The average Bonchev–Trinajstić information content (AvgIpc) is 2.79. The van der Waals surface area contributed by atoms with E-state index in [2.05, 4.69) is 15.3 Å². The number of rotatable bonds is 5. The SMILES string of the molecule is C[C@@H](CO)NC(=O)CSc1nc2ccccc2[nH]1. The highest BCUT2D eigenvalue weighted by atomic mass is 32.2. The van der Waals surface area contributed by atoms with E-state index in [-0.39, 0.29) is 24.3 Å². The number of thioether (sulfide) groups is 1. The van der Waals surface area contributed by atoms with Gasteiger partial charge in [-0.3, -0.25) is 4.79 Å². The lowest BCUT2D eigenvalue weighted by molar-refractivity contribution is -0.119. The number of carbonyl (C=O) groups is 1. The number of nitrogens with zero attached hydrogens (tertiary/aromatic N) is 1. The van der Waals surface area contributed by atoms with Crippen molar-refractivity contribution in [1.29, 1.82) is 0 Å². The zero-order valence-corrected chi connectivity index (χ0v) is 10.8. The Labute approximate surface area is 109 Å². The number of fused-ring (bicyclic) bond motifs is 1. The first-order chi connectivity index (χ1) is 8.69. The van der Waals surface area contributed by atoms with Gasteiger partial charge in [-0.25, -0.2) is 4.98 Å². The Morgan fingerprint density at radius 3 is 3.06 bits per heavy atom. The number of amides is 1. The second-order valence-electron chi connectivity index (χ2n) is 4.00. The normalized spacial score (nSPS) is 12.6. The molecule has 1 aromatic carbocycles. The van der Waals surface area contributed by atoms with E-state index in [0.29, 0.717) is 0 Å². The molecule has 2 rings (SSSR count). The lowest BCUT2D eigenvalue weighted by atomic mass is 10.3. The van der Waals surface area contributed by atoms with E-state index in [4.69, 9.17) is 5.11 Å². The van der Waals surface area contributed by atoms with Crippen molar-refractivity contribution in [2.24, 2.45) is 0 Å². The minimum Gasteiger partial charge on any atom is -0.394 e. The fraction of sp³-hybridized carbons (Fsp3) is 0.333. The first-order valence-corrected chi connectivity index (χ1v) is 6.65. The van der Waals surface area contributed by atoms with Gasteiger partial charge >= 0.3 is 0 Å². The van der Waals surface area contributed by atoms with Crippen LogP contribution in [0.4, 0.5) is 0 Å². The van der Waals surface area contributed by atoms with Gasteiger partial charge in [-0.1, -0.05) is 23.9 Å². The standard InChI is InChI=1S/C12H15N3O2S/c1-8(6-16)13-11(17)7-18-12-14-9-4-2-3-5-10(9)15-12/h2-5,8,16H,6-7H2,1H3,(H,13,17)(H,14,15)/t8-/m0/s1. The first-order valence-electron chi connectivity index (χ1n) is 5.67. The average molecular weight is 265 g/mol. The lowest BCUT2D eigenvalue weighted by Gasteiger charge is -2.09. The Morgan fingerprint density at radius 2 is 2.33 bits per heavy atom. The molecule has 5 nitrogen and oxygen atoms in total. The number of imidazole rings is 1. The number of aromatic amines is 1. The molecule has 0 radical (unpaired) electrons. The van der Waals surface area contributed by atoms with Crippen LogP contribution in [0.3, 0.4) is 0 Å². The third kappa shape index (κ3) is 3.24. The first kappa shape index (κ1) is 12.9. The Morgan fingerprint density at radius 1 is 1.56 bits per heavy atom. The number of nitrogens with one attached hydrogen (secondary N) is 2. The number of para-hydroxylation sites is 2. The van der Waals surface area contributed by atoms with Crippen LogP contribution in [-0.4, -0.2) is 39.4 Å². The molecule has 0 fully saturated rings. The second-order valence-corrected chi connectivity index (χ2v) is 4.96. The molecular weight excluding hydrogens is 250 g/mol. The van der Waals surface area contributed by atoms with Crippen molar-refractivity contribution in [3.63, 3.8) is 0 Å². The predicted molar refractivity (Wildman–Crippen MR) is 71.5 cm³/mol. The van der Waals surface area contributed by atoms with Crippen LogP contribution in [0.2, 0.25) is 0 Å². The summed E-state index contributed by atoms with van der Waals surface area (Å²) in [7, 11) is 0. The highest BCUT2D eigenvalue weighted by Gasteiger charge is 2.08. The van der Waals surface area contributed by atoms with Crippen molar-refractivity contribution in [2.75, 3.05) is 12.4 Å². The number of carbonyl (C=O) groups excluding carboxylic acids is 1. The van der Waals surface area contributed by atoms with Crippen LogP contribution >= 0.6 is 11.8 Å². The zero-order valence-electron chi connectivity index (χ0n) is 10.0. The Balaban J connectivity index is 1.92. The molecule has 3 N–H and O–H groups in total. The molecule has 1 amide bonds. The number of H-pyrrole nitrogens is 1. The van der Waals surface area contributed by atoms with Gasteiger partial charge in [0.25, 0.3) is 0 Å². The summed E-state index contributed by atoms with van der Waals surface area (Å²) in [6, 6.07) is 7.51. The number of aliphatic hydroxyl groups is 1. The number of aromatic nitrogens is 2. The summed E-state index contributed by atoms with van der Waals surface area (Å²) in [6.07, 6.45) is 0. The Hall–Kier alpha value is -1.53.